The third kappa shape index (κ3) is 1.75. The van der Waals surface area contributed by atoms with E-state index < -0.39 is 0 Å². The van der Waals surface area contributed by atoms with Crippen molar-refractivity contribution in [1.29, 1.82) is 0 Å². The van der Waals surface area contributed by atoms with E-state index in [9.17, 15) is 0 Å². The van der Waals surface area contributed by atoms with Gasteiger partial charge in [0.25, 0.3) is 0 Å². The summed E-state index contributed by atoms with van der Waals surface area (Å²) in [5.74, 6) is 0. The maximum absolute atomic E-state index is 6.04. The molecular formula is C12H20N2. The second-order valence-electron chi connectivity index (χ2n) is 3.62. The van der Waals surface area contributed by atoms with E-state index >= 15 is 0 Å². The quantitative estimate of drug-likeness (QED) is 0.721. The lowest BCUT2D eigenvalue weighted by atomic mass is 9.94. The minimum absolute atomic E-state index is 0.587. The Balaban J connectivity index is 3.38. The van der Waals surface area contributed by atoms with Crippen LogP contribution in [0.2, 0.25) is 0 Å². The van der Waals surface area contributed by atoms with Gasteiger partial charge in [-0.15, -0.1) is 0 Å². The number of nitrogen functional groups attached to an aromatic ring is 1. The Kier molecular flexibility index (Phi) is 3.53. The van der Waals surface area contributed by atoms with Crippen LogP contribution in [0.15, 0.2) is 6.07 Å². The molecule has 1 aromatic carbocycles. The summed E-state index contributed by atoms with van der Waals surface area (Å²) in [5.41, 5.74) is 17.7. The Labute approximate surface area is 86.3 Å². The number of hydrogen-bond donors (Lipinski definition) is 2. The molecular weight excluding hydrogens is 172 g/mol. The van der Waals surface area contributed by atoms with Crippen LogP contribution in [-0.2, 0) is 19.4 Å². The molecule has 0 spiro atoms. The maximum Gasteiger partial charge on any atom is 0.0379 e. The number of rotatable bonds is 3. The van der Waals surface area contributed by atoms with Gasteiger partial charge < -0.3 is 11.5 Å². The van der Waals surface area contributed by atoms with Crippen LogP contribution in [-0.4, -0.2) is 0 Å². The van der Waals surface area contributed by atoms with E-state index in [1.165, 1.54) is 22.3 Å². The van der Waals surface area contributed by atoms with Crippen molar-refractivity contribution in [2.45, 2.75) is 40.2 Å². The molecule has 0 aromatic heterocycles. The van der Waals surface area contributed by atoms with Gasteiger partial charge >= 0.3 is 0 Å². The van der Waals surface area contributed by atoms with Crippen LogP contribution in [0.5, 0.6) is 0 Å². The van der Waals surface area contributed by atoms with Crippen molar-refractivity contribution in [1.82, 2.24) is 0 Å². The lowest BCUT2D eigenvalue weighted by Crippen LogP contribution is -2.08. The summed E-state index contributed by atoms with van der Waals surface area (Å²) in [6.45, 7) is 6.94. The Morgan fingerprint density at radius 2 is 1.71 bits per heavy atom. The van der Waals surface area contributed by atoms with Crippen molar-refractivity contribution in [2.75, 3.05) is 5.73 Å². The van der Waals surface area contributed by atoms with Gasteiger partial charge in [0.15, 0.2) is 0 Å². The average Bonchev–Trinajstić information content (AvgIpc) is 2.21. The van der Waals surface area contributed by atoms with Crippen molar-refractivity contribution in [3.63, 3.8) is 0 Å². The predicted molar refractivity (Wildman–Crippen MR) is 62.2 cm³/mol. The maximum atomic E-state index is 6.04. The summed E-state index contributed by atoms with van der Waals surface area (Å²) >= 11 is 0. The number of hydrogen-bond acceptors (Lipinski definition) is 2. The Morgan fingerprint density at radius 3 is 2.14 bits per heavy atom. The monoisotopic (exact) mass is 192 g/mol. The first-order chi connectivity index (χ1) is 6.65. The normalized spacial score (nSPS) is 10.6. The van der Waals surface area contributed by atoms with Crippen molar-refractivity contribution in [2.24, 2.45) is 5.73 Å². The molecule has 0 fully saturated rings. The molecule has 0 bridgehead atoms. The highest BCUT2D eigenvalue weighted by molar-refractivity contribution is 5.59. The van der Waals surface area contributed by atoms with Gasteiger partial charge in [0.05, 0.1) is 0 Å². The van der Waals surface area contributed by atoms with Gasteiger partial charge in [-0.3, -0.25) is 0 Å². The first-order valence-electron chi connectivity index (χ1n) is 5.25. The van der Waals surface area contributed by atoms with E-state index in [1.54, 1.807) is 0 Å². The molecule has 78 valence electrons. The fraction of sp³-hybridized carbons (Fsp3) is 0.500. The second kappa shape index (κ2) is 4.47. The summed E-state index contributed by atoms with van der Waals surface area (Å²) in [4.78, 5) is 0. The second-order valence-corrected chi connectivity index (χ2v) is 3.62. The molecule has 0 atom stereocenters. The van der Waals surface area contributed by atoms with Gasteiger partial charge in [-0.1, -0.05) is 19.9 Å². The molecule has 0 aliphatic carbocycles. The van der Waals surface area contributed by atoms with Crippen LogP contribution in [0, 0.1) is 6.92 Å². The third-order valence-electron chi connectivity index (χ3n) is 2.90. The van der Waals surface area contributed by atoms with Crippen LogP contribution in [0.25, 0.3) is 0 Å². The van der Waals surface area contributed by atoms with E-state index in [1.807, 2.05) is 0 Å². The van der Waals surface area contributed by atoms with Gasteiger partial charge in [-0.05, 0) is 42.0 Å². The average molecular weight is 192 g/mol. The van der Waals surface area contributed by atoms with Gasteiger partial charge in [0.2, 0.25) is 0 Å². The third-order valence-corrected chi connectivity index (χ3v) is 2.90. The fourth-order valence-corrected chi connectivity index (χ4v) is 1.91. The lowest BCUT2D eigenvalue weighted by Gasteiger charge is -2.15. The summed E-state index contributed by atoms with van der Waals surface area (Å²) in [5, 5.41) is 0. The molecule has 0 heterocycles. The Bertz CT molecular complexity index is 330. The zero-order valence-electron chi connectivity index (χ0n) is 9.35. The first kappa shape index (κ1) is 11.1. The Hall–Kier alpha value is -1.02. The van der Waals surface area contributed by atoms with E-state index in [2.05, 4.69) is 26.8 Å². The van der Waals surface area contributed by atoms with Crippen molar-refractivity contribution in [3.05, 3.63) is 28.3 Å². The number of benzene rings is 1. The van der Waals surface area contributed by atoms with Crippen LogP contribution in [0.1, 0.15) is 36.1 Å². The van der Waals surface area contributed by atoms with E-state index in [4.69, 9.17) is 11.5 Å². The van der Waals surface area contributed by atoms with Gasteiger partial charge in [-0.25, -0.2) is 0 Å². The zero-order valence-corrected chi connectivity index (χ0v) is 9.35. The zero-order chi connectivity index (χ0) is 10.7. The van der Waals surface area contributed by atoms with Crippen LogP contribution in [0.4, 0.5) is 5.69 Å². The van der Waals surface area contributed by atoms with Crippen molar-refractivity contribution in [3.8, 4) is 0 Å². The number of nitrogens with two attached hydrogens (primary N) is 2. The standard InChI is InChI=1S/C12H20N2/c1-4-9-6-10(5-2)12(14)8(3)11(9)7-13/h6H,4-5,7,13-14H2,1-3H3. The summed E-state index contributed by atoms with van der Waals surface area (Å²) < 4.78 is 0. The van der Waals surface area contributed by atoms with E-state index in [0.717, 1.165) is 18.5 Å². The van der Waals surface area contributed by atoms with Gasteiger partial charge in [-0.2, -0.15) is 0 Å². The fourth-order valence-electron chi connectivity index (χ4n) is 1.91. The summed E-state index contributed by atoms with van der Waals surface area (Å²) in [6.07, 6.45) is 2.02. The smallest absolute Gasteiger partial charge is 0.0379 e. The van der Waals surface area contributed by atoms with Crippen molar-refractivity contribution < 1.29 is 0 Å². The Morgan fingerprint density at radius 1 is 1.14 bits per heavy atom. The molecule has 0 aliphatic rings. The van der Waals surface area contributed by atoms with Crippen LogP contribution >= 0.6 is 0 Å². The molecule has 1 aromatic rings. The van der Waals surface area contributed by atoms with Gasteiger partial charge in [0, 0.05) is 12.2 Å². The minimum Gasteiger partial charge on any atom is -0.398 e. The SMILES string of the molecule is CCc1cc(CC)c(CN)c(C)c1N. The van der Waals surface area contributed by atoms with E-state index in [-0.39, 0.29) is 0 Å². The predicted octanol–water partition coefficient (Wildman–Crippen LogP) is 2.16. The molecule has 0 amide bonds. The molecule has 0 radical (unpaired) electrons. The summed E-state index contributed by atoms with van der Waals surface area (Å²) in [6, 6.07) is 2.20. The molecule has 0 unspecified atom stereocenters. The molecule has 4 N–H and O–H groups in total. The molecule has 14 heavy (non-hydrogen) atoms. The number of anilines is 1. The number of aryl methyl sites for hydroxylation is 2. The van der Waals surface area contributed by atoms with Crippen molar-refractivity contribution >= 4 is 5.69 Å². The molecule has 0 saturated heterocycles. The minimum atomic E-state index is 0.587. The first-order valence-corrected chi connectivity index (χ1v) is 5.25. The highest BCUT2D eigenvalue weighted by Crippen LogP contribution is 2.25. The van der Waals surface area contributed by atoms with Gasteiger partial charge in [0.1, 0.15) is 0 Å². The highest BCUT2D eigenvalue weighted by atomic mass is 14.6. The molecule has 0 aliphatic heterocycles. The van der Waals surface area contributed by atoms with E-state index in [0.29, 0.717) is 6.54 Å². The molecule has 1 rings (SSSR count). The lowest BCUT2D eigenvalue weighted by molar-refractivity contribution is 0.973. The highest BCUT2D eigenvalue weighted by Gasteiger charge is 2.09. The molecule has 0 saturated carbocycles. The van der Waals surface area contributed by atoms with Crippen LogP contribution < -0.4 is 11.5 Å². The molecule has 2 nitrogen and oxygen atoms in total. The largest absolute Gasteiger partial charge is 0.398 e. The molecule has 2 heteroatoms. The summed E-state index contributed by atoms with van der Waals surface area (Å²) in [7, 11) is 0. The topological polar surface area (TPSA) is 52.0 Å². The van der Waals surface area contributed by atoms with Crippen LogP contribution in [0.3, 0.4) is 0 Å².